The molecule has 0 unspecified atom stereocenters. The van der Waals surface area contributed by atoms with E-state index < -0.39 is 0 Å². The summed E-state index contributed by atoms with van der Waals surface area (Å²) in [5, 5.41) is 8.35. The van der Waals surface area contributed by atoms with Crippen molar-refractivity contribution in [2.24, 2.45) is 0 Å². The normalized spacial score (nSPS) is 15.7. The first-order valence-electron chi connectivity index (χ1n) is 3.01. The molecule has 0 heterocycles. The fourth-order valence-corrected chi connectivity index (χ4v) is 0.711. The van der Waals surface area contributed by atoms with E-state index in [1.165, 1.54) is 0 Å². The third-order valence-corrected chi connectivity index (χ3v) is 1.11. The van der Waals surface area contributed by atoms with Gasteiger partial charge in [-0.15, -0.1) is 0 Å². The maximum Gasteiger partial charge on any atom is 0.0944 e. The number of rotatable bonds is 3. The Labute approximate surface area is 71.0 Å². The average molecular weight is 182 g/mol. The van der Waals surface area contributed by atoms with Gasteiger partial charge in [-0.25, -0.2) is 0 Å². The van der Waals surface area contributed by atoms with Crippen molar-refractivity contribution in [3.8, 4) is 0 Å². The van der Waals surface area contributed by atoms with Crippen LogP contribution in [0.25, 0.3) is 0 Å². The van der Waals surface area contributed by atoms with Gasteiger partial charge in [-0.1, -0.05) is 24.3 Å². The predicted molar refractivity (Wildman–Crippen MR) is 35.1 cm³/mol. The molecule has 0 amide bonds. The summed E-state index contributed by atoms with van der Waals surface area (Å²) in [6, 6.07) is 0. The van der Waals surface area contributed by atoms with E-state index in [0.717, 1.165) is 0 Å². The first kappa shape index (κ1) is 9.92. The van der Waals surface area contributed by atoms with Crippen molar-refractivity contribution in [1.82, 2.24) is 0 Å². The van der Waals surface area contributed by atoms with Crippen LogP contribution < -0.4 is 0 Å². The van der Waals surface area contributed by atoms with Crippen LogP contribution in [0.4, 0.5) is 0 Å². The number of aliphatic hydroxyl groups is 1. The molecule has 0 saturated carbocycles. The summed E-state index contributed by atoms with van der Waals surface area (Å²) < 4.78 is 5.13. The molecule has 1 aliphatic carbocycles. The summed E-state index contributed by atoms with van der Waals surface area (Å²) in [4.78, 5) is 0. The third-order valence-electron chi connectivity index (χ3n) is 1.11. The molecule has 0 aromatic rings. The van der Waals surface area contributed by atoms with Gasteiger partial charge in [-0.3, -0.25) is 0 Å². The van der Waals surface area contributed by atoms with Gasteiger partial charge in [-0.05, 0) is 0 Å². The number of hydrogen-bond acceptors (Lipinski definition) is 2. The van der Waals surface area contributed by atoms with Crippen LogP contribution in [0.5, 0.6) is 0 Å². The molecule has 0 fully saturated rings. The molecule has 0 bridgehead atoms. The average Bonchev–Trinajstić information content (AvgIpc) is 2.34. The largest absolute Gasteiger partial charge is 0.394 e. The van der Waals surface area contributed by atoms with Gasteiger partial charge < -0.3 is 9.84 Å². The zero-order valence-corrected chi connectivity index (χ0v) is 6.61. The molecule has 0 aliphatic heterocycles. The van der Waals surface area contributed by atoms with Crippen LogP contribution in [0.2, 0.25) is 0 Å². The van der Waals surface area contributed by atoms with Gasteiger partial charge in [0.15, 0.2) is 0 Å². The molecule has 0 spiro atoms. The Bertz CT molecular complexity index is 120. The summed E-state index contributed by atoms with van der Waals surface area (Å²) in [5.41, 5.74) is 0. The van der Waals surface area contributed by atoms with Gasteiger partial charge in [0, 0.05) is 17.1 Å². The number of hydrogen-bond donors (Lipinski definition) is 1. The van der Waals surface area contributed by atoms with E-state index in [1.54, 1.807) is 0 Å². The Kier molecular flexibility index (Phi) is 5.64. The summed E-state index contributed by atoms with van der Waals surface area (Å²) in [5.74, 6) is 0. The molecule has 1 aliphatic rings. The Hall–Kier alpha value is -0.0805. The van der Waals surface area contributed by atoms with E-state index >= 15 is 0 Å². The van der Waals surface area contributed by atoms with Gasteiger partial charge in [-0.2, -0.15) is 0 Å². The Balaban J connectivity index is 0.000000810. The summed E-state index contributed by atoms with van der Waals surface area (Å²) in [7, 11) is 0. The first-order chi connectivity index (χ1) is 4.43. The van der Waals surface area contributed by atoms with Gasteiger partial charge >= 0.3 is 0 Å². The minimum absolute atomic E-state index is 0. The van der Waals surface area contributed by atoms with Crippen LogP contribution in [-0.4, -0.2) is 24.4 Å². The number of allylic oxidation sites excluding steroid dienone is 2. The van der Waals surface area contributed by atoms with Crippen molar-refractivity contribution in [2.75, 3.05) is 13.2 Å². The summed E-state index contributed by atoms with van der Waals surface area (Å²) in [6.45, 7) is 0.511. The van der Waals surface area contributed by atoms with Crippen LogP contribution >= 0.6 is 0 Å². The van der Waals surface area contributed by atoms with Crippen LogP contribution in [0.3, 0.4) is 0 Å². The fraction of sp³-hybridized carbons (Fsp3) is 0.429. The zero-order valence-electron chi connectivity index (χ0n) is 5.51. The van der Waals surface area contributed by atoms with Crippen LogP contribution in [0.15, 0.2) is 24.3 Å². The Morgan fingerprint density at radius 2 is 1.90 bits per heavy atom. The third kappa shape index (κ3) is 3.18. The maximum absolute atomic E-state index is 8.35. The monoisotopic (exact) mass is 182 g/mol. The van der Waals surface area contributed by atoms with Crippen molar-refractivity contribution < 1.29 is 26.9 Å². The predicted octanol–water partition coefficient (Wildman–Crippen LogP) is 0.487. The standard InChI is InChI=1S/C7H10O2.Fe/c8-5-6-9-7-3-1-2-4-7;/h1-4,7-8H,5-6H2;. The molecule has 10 heavy (non-hydrogen) atoms. The summed E-state index contributed by atoms with van der Waals surface area (Å²) >= 11 is 0. The fourth-order valence-electron chi connectivity index (χ4n) is 0.711. The van der Waals surface area contributed by atoms with Crippen molar-refractivity contribution in [1.29, 1.82) is 0 Å². The van der Waals surface area contributed by atoms with E-state index in [4.69, 9.17) is 9.84 Å². The molecular formula is C7H10FeO2. The molecule has 0 saturated heterocycles. The molecule has 3 heteroatoms. The second kappa shape index (κ2) is 5.69. The molecule has 0 radical (unpaired) electrons. The second-order valence-electron chi connectivity index (χ2n) is 1.83. The van der Waals surface area contributed by atoms with Crippen molar-refractivity contribution >= 4 is 0 Å². The van der Waals surface area contributed by atoms with E-state index in [9.17, 15) is 0 Å². The van der Waals surface area contributed by atoms with Gasteiger partial charge in [0.1, 0.15) is 0 Å². The zero-order chi connectivity index (χ0) is 6.53. The van der Waals surface area contributed by atoms with E-state index in [1.807, 2.05) is 24.3 Å². The maximum atomic E-state index is 8.35. The molecule has 1 rings (SSSR count). The minimum atomic E-state index is 0. The minimum Gasteiger partial charge on any atom is -0.394 e. The molecule has 0 atom stereocenters. The molecule has 0 aromatic carbocycles. The van der Waals surface area contributed by atoms with E-state index in [-0.39, 0.29) is 29.8 Å². The molecular weight excluding hydrogens is 172 g/mol. The molecule has 58 valence electrons. The van der Waals surface area contributed by atoms with Crippen LogP contribution in [-0.2, 0) is 21.8 Å². The number of aliphatic hydroxyl groups excluding tert-OH is 1. The van der Waals surface area contributed by atoms with Crippen molar-refractivity contribution in [3.63, 3.8) is 0 Å². The van der Waals surface area contributed by atoms with E-state index in [0.29, 0.717) is 6.61 Å². The first-order valence-corrected chi connectivity index (χ1v) is 3.01. The topological polar surface area (TPSA) is 29.5 Å². The van der Waals surface area contributed by atoms with Crippen molar-refractivity contribution in [3.05, 3.63) is 24.3 Å². The molecule has 2 nitrogen and oxygen atoms in total. The van der Waals surface area contributed by atoms with Crippen LogP contribution in [0.1, 0.15) is 0 Å². The second-order valence-corrected chi connectivity index (χ2v) is 1.83. The van der Waals surface area contributed by atoms with Gasteiger partial charge in [0.2, 0.25) is 0 Å². The van der Waals surface area contributed by atoms with E-state index in [2.05, 4.69) is 0 Å². The van der Waals surface area contributed by atoms with Gasteiger partial charge in [0.25, 0.3) is 0 Å². The Morgan fingerprint density at radius 1 is 1.30 bits per heavy atom. The summed E-state index contributed by atoms with van der Waals surface area (Å²) in [6.07, 6.45) is 7.84. The quantitative estimate of drug-likeness (QED) is 0.643. The Morgan fingerprint density at radius 3 is 2.40 bits per heavy atom. The van der Waals surface area contributed by atoms with Crippen LogP contribution in [0, 0.1) is 0 Å². The molecule has 1 N–H and O–H groups in total. The SMILES string of the molecule is OCCOC1C=CC=C1.[Fe]. The van der Waals surface area contributed by atoms with Gasteiger partial charge in [0.05, 0.1) is 19.3 Å². The smallest absolute Gasteiger partial charge is 0.0944 e. The van der Waals surface area contributed by atoms with Crippen molar-refractivity contribution in [2.45, 2.75) is 6.10 Å². The number of ether oxygens (including phenoxy) is 1. The molecule has 0 aromatic heterocycles.